The maximum atomic E-state index is 11.9. The number of rotatable bonds is 5. The van der Waals surface area contributed by atoms with Gasteiger partial charge < -0.3 is 9.15 Å². The molecule has 0 bridgehead atoms. The molecule has 0 amide bonds. The summed E-state index contributed by atoms with van der Waals surface area (Å²) in [7, 11) is 1.60. The number of aromatic nitrogens is 1. The Morgan fingerprint density at radius 2 is 2.14 bits per heavy atom. The van der Waals surface area contributed by atoms with E-state index in [4.69, 9.17) is 4.42 Å². The molecule has 1 heterocycles. The lowest BCUT2D eigenvalue weighted by atomic mass is 10.1. The number of benzene rings is 1. The van der Waals surface area contributed by atoms with Crippen LogP contribution >= 0.6 is 15.9 Å². The van der Waals surface area contributed by atoms with E-state index in [1.54, 1.807) is 25.2 Å². The third-order valence-corrected chi connectivity index (χ3v) is 3.95. The van der Waals surface area contributed by atoms with Crippen LogP contribution in [-0.2, 0) is 11.8 Å². The van der Waals surface area contributed by atoms with Crippen molar-refractivity contribution in [2.75, 3.05) is 13.2 Å². The number of aryl methyl sites for hydroxylation is 1. The van der Waals surface area contributed by atoms with Crippen molar-refractivity contribution in [2.24, 2.45) is 7.05 Å². The molecule has 1 unspecified atom stereocenters. The Morgan fingerprint density at radius 3 is 2.81 bits per heavy atom. The Morgan fingerprint density at radius 1 is 1.43 bits per heavy atom. The number of alkyl halides is 4. The van der Waals surface area contributed by atoms with Crippen LogP contribution in [0.2, 0.25) is 0 Å². The van der Waals surface area contributed by atoms with Gasteiger partial charge in [-0.3, -0.25) is 4.57 Å². The van der Waals surface area contributed by atoms with Crippen molar-refractivity contribution in [1.82, 2.24) is 4.57 Å². The lowest BCUT2D eigenvalue weighted by Gasteiger charge is -2.11. The highest BCUT2D eigenvalue weighted by Crippen LogP contribution is 2.29. The molecule has 1 aromatic heterocycles. The molecule has 0 aliphatic heterocycles. The minimum absolute atomic E-state index is 0.0216. The van der Waals surface area contributed by atoms with Gasteiger partial charge in [0.15, 0.2) is 5.58 Å². The first kappa shape index (κ1) is 16.1. The SMILES string of the molecule is Cn1c(=O)oc2cc(C(Br)CCOCC(F)(F)F)ccc21. The van der Waals surface area contributed by atoms with Crippen LogP contribution in [0.15, 0.2) is 27.4 Å². The molecule has 0 spiro atoms. The van der Waals surface area contributed by atoms with E-state index in [1.807, 2.05) is 0 Å². The minimum atomic E-state index is -4.31. The van der Waals surface area contributed by atoms with Crippen molar-refractivity contribution in [3.63, 3.8) is 0 Å². The zero-order chi connectivity index (χ0) is 15.6. The predicted molar refractivity (Wildman–Crippen MR) is 74.6 cm³/mol. The van der Waals surface area contributed by atoms with Crippen molar-refractivity contribution in [3.8, 4) is 0 Å². The smallest absolute Gasteiger partial charge is 0.408 e. The lowest BCUT2D eigenvalue weighted by molar-refractivity contribution is -0.174. The summed E-state index contributed by atoms with van der Waals surface area (Å²) in [6.07, 6.45) is -3.94. The summed E-state index contributed by atoms with van der Waals surface area (Å²) in [6.45, 7) is -1.27. The number of nitrogens with zero attached hydrogens (tertiary/aromatic N) is 1. The molecule has 0 saturated carbocycles. The normalized spacial score (nSPS) is 13.8. The highest BCUT2D eigenvalue weighted by atomic mass is 79.9. The van der Waals surface area contributed by atoms with Gasteiger partial charge in [-0.25, -0.2) is 4.79 Å². The average molecular weight is 368 g/mol. The second-order valence-electron chi connectivity index (χ2n) is 4.58. The summed E-state index contributed by atoms with van der Waals surface area (Å²) in [5.74, 6) is -0.457. The summed E-state index contributed by atoms with van der Waals surface area (Å²) in [5.41, 5.74) is 1.92. The molecule has 0 radical (unpaired) electrons. The molecule has 0 N–H and O–H groups in total. The Hall–Kier alpha value is -1.28. The molecule has 1 aromatic carbocycles. The van der Waals surface area contributed by atoms with Gasteiger partial charge in [0, 0.05) is 18.5 Å². The molecule has 2 aromatic rings. The quantitative estimate of drug-likeness (QED) is 0.599. The van der Waals surface area contributed by atoms with E-state index in [1.165, 1.54) is 4.57 Å². The molecular formula is C13H13BrF3NO3. The second kappa shape index (κ2) is 6.23. The molecule has 0 fully saturated rings. The van der Waals surface area contributed by atoms with Crippen LogP contribution < -0.4 is 5.76 Å². The first-order valence-corrected chi connectivity index (χ1v) is 7.07. The maximum Gasteiger partial charge on any atom is 0.419 e. The number of halogens is 4. The summed E-state index contributed by atoms with van der Waals surface area (Å²) in [6, 6.07) is 5.22. The van der Waals surface area contributed by atoms with Crippen molar-refractivity contribution in [2.45, 2.75) is 17.4 Å². The van der Waals surface area contributed by atoms with Gasteiger partial charge in [-0.2, -0.15) is 13.2 Å². The van der Waals surface area contributed by atoms with Crippen molar-refractivity contribution in [1.29, 1.82) is 0 Å². The summed E-state index contributed by atoms with van der Waals surface area (Å²) in [5, 5.41) is 0. The molecule has 0 aliphatic rings. The lowest BCUT2D eigenvalue weighted by Crippen LogP contribution is -2.17. The van der Waals surface area contributed by atoms with Gasteiger partial charge in [0.05, 0.1) is 5.52 Å². The second-order valence-corrected chi connectivity index (χ2v) is 5.68. The van der Waals surface area contributed by atoms with Gasteiger partial charge in [-0.1, -0.05) is 22.0 Å². The predicted octanol–water partition coefficient (Wildman–Crippen LogP) is 3.54. The van der Waals surface area contributed by atoms with Crippen LogP contribution in [0.5, 0.6) is 0 Å². The number of ether oxygens (including phenoxy) is 1. The molecule has 0 aliphatic carbocycles. The highest BCUT2D eigenvalue weighted by molar-refractivity contribution is 9.09. The van der Waals surface area contributed by atoms with Crippen LogP contribution in [-0.4, -0.2) is 24.0 Å². The largest absolute Gasteiger partial charge is 0.419 e. The monoisotopic (exact) mass is 367 g/mol. The zero-order valence-electron chi connectivity index (χ0n) is 11.1. The average Bonchev–Trinajstić information content (AvgIpc) is 2.68. The Labute approximate surface area is 126 Å². The third-order valence-electron chi connectivity index (χ3n) is 2.96. The molecule has 0 saturated heterocycles. The molecule has 2 rings (SSSR count). The fourth-order valence-electron chi connectivity index (χ4n) is 1.89. The summed E-state index contributed by atoms with van der Waals surface area (Å²) >= 11 is 3.39. The van der Waals surface area contributed by atoms with E-state index in [0.717, 1.165) is 5.56 Å². The van der Waals surface area contributed by atoms with Crippen molar-refractivity contribution in [3.05, 3.63) is 34.3 Å². The third kappa shape index (κ3) is 4.10. The Balaban J connectivity index is 1.99. The number of oxazole rings is 1. The van der Waals surface area contributed by atoms with E-state index in [-0.39, 0.29) is 11.4 Å². The van der Waals surface area contributed by atoms with Crippen LogP contribution in [0.25, 0.3) is 11.1 Å². The van der Waals surface area contributed by atoms with Crippen molar-refractivity contribution >= 4 is 27.0 Å². The highest BCUT2D eigenvalue weighted by Gasteiger charge is 2.27. The van der Waals surface area contributed by atoms with Crippen LogP contribution in [0, 0.1) is 0 Å². The Bertz CT molecular complexity index is 677. The van der Waals surface area contributed by atoms with E-state index < -0.39 is 18.5 Å². The summed E-state index contributed by atoms with van der Waals surface area (Å²) in [4.78, 5) is 11.2. The van der Waals surface area contributed by atoms with Crippen LogP contribution in [0.4, 0.5) is 13.2 Å². The number of hydrogen-bond acceptors (Lipinski definition) is 3. The number of hydrogen-bond donors (Lipinski definition) is 0. The fourth-order valence-corrected chi connectivity index (χ4v) is 2.36. The Kier molecular flexibility index (Phi) is 4.77. The van der Waals surface area contributed by atoms with E-state index in [2.05, 4.69) is 20.7 Å². The molecule has 21 heavy (non-hydrogen) atoms. The fraction of sp³-hybridized carbons (Fsp3) is 0.462. The topological polar surface area (TPSA) is 44.4 Å². The molecule has 116 valence electrons. The van der Waals surface area contributed by atoms with Crippen LogP contribution in [0.1, 0.15) is 16.8 Å². The van der Waals surface area contributed by atoms with E-state index in [0.29, 0.717) is 17.5 Å². The maximum absolute atomic E-state index is 11.9. The summed E-state index contributed by atoms with van der Waals surface area (Å²) < 4.78 is 46.8. The molecule has 1 atom stereocenters. The zero-order valence-corrected chi connectivity index (χ0v) is 12.7. The first-order valence-electron chi connectivity index (χ1n) is 6.16. The van der Waals surface area contributed by atoms with E-state index in [9.17, 15) is 18.0 Å². The van der Waals surface area contributed by atoms with Crippen molar-refractivity contribution < 1.29 is 22.3 Å². The minimum Gasteiger partial charge on any atom is -0.408 e. The van der Waals surface area contributed by atoms with E-state index >= 15 is 0 Å². The molecule has 4 nitrogen and oxygen atoms in total. The molecule has 8 heteroatoms. The molecular weight excluding hydrogens is 355 g/mol. The van der Waals surface area contributed by atoms with Gasteiger partial charge in [0.1, 0.15) is 6.61 Å². The number of fused-ring (bicyclic) bond motifs is 1. The van der Waals surface area contributed by atoms with Gasteiger partial charge in [-0.15, -0.1) is 0 Å². The first-order chi connectivity index (χ1) is 9.78. The van der Waals surface area contributed by atoms with Gasteiger partial charge >= 0.3 is 11.9 Å². The van der Waals surface area contributed by atoms with Crippen LogP contribution in [0.3, 0.4) is 0 Å². The standard InChI is InChI=1S/C13H13BrF3NO3/c1-18-10-3-2-8(6-11(10)21-12(18)19)9(14)4-5-20-7-13(15,16)17/h2-3,6,9H,4-5,7H2,1H3. The van der Waals surface area contributed by atoms with Gasteiger partial charge in [-0.05, 0) is 24.1 Å². The van der Waals surface area contributed by atoms with Gasteiger partial charge in [0.25, 0.3) is 0 Å². The van der Waals surface area contributed by atoms with Gasteiger partial charge in [0.2, 0.25) is 0 Å².